The summed E-state index contributed by atoms with van der Waals surface area (Å²) in [6, 6.07) is 9.41. The zero-order valence-corrected chi connectivity index (χ0v) is 13.2. The summed E-state index contributed by atoms with van der Waals surface area (Å²) >= 11 is 0. The quantitative estimate of drug-likeness (QED) is 0.360. The highest BCUT2D eigenvalue weighted by atomic mass is 32.2. The number of rotatable bonds is 5. The van der Waals surface area contributed by atoms with Gasteiger partial charge < -0.3 is 4.18 Å². The van der Waals surface area contributed by atoms with Crippen LogP contribution < -0.4 is 4.18 Å². The van der Waals surface area contributed by atoms with Crippen molar-refractivity contribution in [2.24, 2.45) is 0 Å². The Morgan fingerprint density at radius 3 is 2.43 bits per heavy atom. The predicted octanol–water partition coefficient (Wildman–Crippen LogP) is 2.87. The summed E-state index contributed by atoms with van der Waals surface area (Å²) in [6.07, 6.45) is 0. The molecule has 0 saturated carbocycles. The molecule has 0 radical (unpaired) electrons. The maximum Gasteiger partial charge on any atom is 0.339 e. The number of ketones is 1. The molecule has 0 aliphatic rings. The molecule has 0 heterocycles. The van der Waals surface area contributed by atoms with Crippen LogP contribution in [-0.2, 0) is 10.1 Å². The Bertz CT molecular complexity index is 889. The Morgan fingerprint density at radius 2 is 1.83 bits per heavy atom. The van der Waals surface area contributed by atoms with Gasteiger partial charge in [0.1, 0.15) is 10.6 Å². The molecule has 0 bridgehead atoms. The molecule has 7 nitrogen and oxygen atoms in total. The molecule has 2 aromatic carbocycles. The summed E-state index contributed by atoms with van der Waals surface area (Å²) in [5.74, 6) is -0.275. The molecular weight excluding hydrogens is 322 g/mol. The third-order valence-electron chi connectivity index (χ3n) is 3.17. The molecular formula is C15H13NO6S. The van der Waals surface area contributed by atoms with E-state index < -0.39 is 15.0 Å². The van der Waals surface area contributed by atoms with Crippen LogP contribution in [-0.4, -0.2) is 19.1 Å². The molecule has 120 valence electrons. The number of nitro benzene ring substituents is 1. The summed E-state index contributed by atoms with van der Waals surface area (Å²) in [4.78, 5) is 21.3. The van der Waals surface area contributed by atoms with Gasteiger partial charge in [0.15, 0.2) is 5.78 Å². The molecule has 0 saturated heterocycles. The van der Waals surface area contributed by atoms with Gasteiger partial charge in [-0.05, 0) is 32.0 Å². The summed E-state index contributed by atoms with van der Waals surface area (Å²) < 4.78 is 29.7. The molecule has 0 aliphatic carbocycles. The summed E-state index contributed by atoms with van der Waals surface area (Å²) in [5.41, 5.74) is -0.0270. The lowest BCUT2D eigenvalue weighted by Crippen LogP contribution is -2.12. The fraction of sp³-hybridized carbons (Fsp3) is 0.133. The van der Waals surface area contributed by atoms with Gasteiger partial charge in [-0.1, -0.05) is 18.2 Å². The van der Waals surface area contributed by atoms with E-state index in [0.717, 1.165) is 0 Å². The van der Waals surface area contributed by atoms with Crippen molar-refractivity contribution in [3.8, 4) is 5.75 Å². The van der Waals surface area contributed by atoms with Crippen molar-refractivity contribution in [2.45, 2.75) is 18.7 Å². The minimum atomic E-state index is -4.26. The predicted molar refractivity (Wildman–Crippen MR) is 82.1 cm³/mol. The number of carbonyl (C=O) groups is 1. The molecule has 23 heavy (non-hydrogen) atoms. The van der Waals surface area contributed by atoms with Crippen molar-refractivity contribution in [2.75, 3.05) is 0 Å². The minimum absolute atomic E-state index is 0.0137. The van der Waals surface area contributed by atoms with Crippen molar-refractivity contribution in [1.29, 1.82) is 0 Å². The van der Waals surface area contributed by atoms with Crippen molar-refractivity contribution in [3.63, 3.8) is 0 Å². The molecule has 0 aliphatic heterocycles. The average Bonchev–Trinajstić information content (AvgIpc) is 2.46. The number of carbonyl (C=O) groups excluding carboxylic acids is 1. The Labute approximate surface area is 132 Å². The van der Waals surface area contributed by atoms with E-state index in [9.17, 15) is 23.3 Å². The summed E-state index contributed by atoms with van der Waals surface area (Å²) in [7, 11) is -4.26. The molecule has 2 rings (SSSR count). The Morgan fingerprint density at radius 1 is 1.17 bits per heavy atom. The van der Waals surface area contributed by atoms with Crippen molar-refractivity contribution < 1.29 is 22.3 Å². The van der Waals surface area contributed by atoms with Gasteiger partial charge in [0.25, 0.3) is 5.69 Å². The molecule has 0 spiro atoms. The number of hydrogen-bond donors (Lipinski definition) is 0. The maximum absolute atomic E-state index is 12.3. The average molecular weight is 335 g/mol. The Kier molecular flexibility index (Phi) is 4.46. The molecule has 0 fully saturated rings. The van der Waals surface area contributed by atoms with E-state index in [1.807, 2.05) is 0 Å². The van der Waals surface area contributed by atoms with E-state index in [-0.39, 0.29) is 27.7 Å². The molecule has 0 amide bonds. The number of hydrogen-bond acceptors (Lipinski definition) is 6. The van der Waals surface area contributed by atoms with Gasteiger partial charge in [-0.25, -0.2) is 0 Å². The molecule has 0 aromatic heterocycles. The van der Waals surface area contributed by atoms with Gasteiger partial charge in [-0.2, -0.15) is 8.42 Å². The second-order valence-electron chi connectivity index (χ2n) is 4.78. The first-order valence-electron chi connectivity index (χ1n) is 6.52. The number of nitrogens with zero attached hydrogens (tertiary/aromatic N) is 1. The van der Waals surface area contributed by atoms with Gasteiger partial charge in [-0.15, -0.1) is 0 Å². The molecule has 0 unspecified atom stereocenters. The smallest absolute Gasteiger partial charge is 0.339 e. The highest BCUT2D eigenvalue weighted by Gasteiger charge is 2.24. The fourth-order valence-electron chi connectivity index (χ4n) is 2.01. The van der Waals surface area contributed by atoms with Gasteiger partial charge in [0, 0.05) is 17.2 Å². The van der Waals surface area contributed by atoms with Crippen LogP contribution in [0.3, 0.4) is 0 Å². The van der Waals surface area contributed by atoms with Crippen LogP contribution in [0.2, 0.25) is 0 Å². The van der Waals surface area contributed by atoms with Crippen LogP contribution in [0, 0.1) is 17.0 Å². The minimum Gasteiger partial charge on any atom is -0.379 e. The molecule has 8 heteroatoms. The second kappa shape index (κ2) is 6.17. The standard InChI is InChI=1S/C15H13NO6S/c1-10-14(16(18)19)7-4-8-15(10)23(20,21)22-13-6-3-5-12(9-13)11(2)17/h3-9H,1-2H3. The molecule has 0 N–H and O–H groups in total. The van der Waals surface area contributed by atoms with Crippen LogP contribution in [0.4, 0.5) is 5.69 Å². The van der Waals surface area contributed by atoms with Crippen LogP contribution in [0.5, 0.6) is 5.75 Å². The van der Waals surface area contributed by atoms with Gasteiger partial charge in [-0.3, -0.25) is 14.9 Å². The second-order valence-corrected chi connectivity index (χ2v) is 6.29. The van der Waals surface area contributed by atoms with E-state index in [0.29, 0.717) is 5.56 Å². The zero-order valence-electron chi connectivity index (χ0n) is 12.3. The number of Topliss-reactive ketones (excluding diaryl/α,β-unsaturated/α-hetero) is 1. The summed E-state index contributed by atoms with van der Waals surface area (Å²) in [5, 5.41) is 10.9. The zero-order chi connectivity index (χ0) is 17.2. The highest BCUT2D eigenvalue weighted by Crippen LogP contribution is 2.27. The molecule has 0 atom stereocenters. The van der Waals surface area contributed by atoms with Gasteiger partial charge >= 0.3 is 10.1 Å². The number of nitro groups is 1. The highest BCUT2D eigenvalue weighted by molar-refractivity contribution is 7.87. The largest absolute Gasteiger partial charge is 0.379 e. The topological polar surface area (TPSA) is 104 Å². The van der Waals surface area contributed by atoms with E-state index in [4.69, 9.17) is 4.18 Å². The Hall–Kier alpha value is -2.74. The lowest BCUT2D eigenvalue weighted by Gasteiger charge is -2.10. The van der Waals surface area contributed by atoms with Crippen molar-refractivity contribution in [3.05, 3.63) is 63.7 Å². The lowest BCUT2D eigenvalue weighted by atomic mass is 10.1. The van der Waals surface area contributed by atoms with Crippen LogP contribution in [0.15, 0.2) is 47.4 Å². The number of benzene rings is 2. The van der Waals surface area contributed by atoms with Crippen LogP contribution >= 0.6 is 0 Å². The monoisotopic (exact) mass is 335 g/mol. The first kappa shape index (κ1) is 16.6. The van der Waals surface area contributed by atoms with E-state index in [1.165, 1.54) is 56.3 Å². The third kappa shape index (κ3) is 3.54. The maximum atomic E-state index is 12.3. The summed E-state index contributed by atoms with van der Waals surface area (Å²) in [6.45, 7) is 2.68. The van der Waals surface area contributed by atoms with Gasteiger partial charge in [0.2, 0.25) is 0 Å². The van der Waals surface area contributed by atoms with Crippen molar-refractivity contribution >= 4 is 21.6 Å². The Balaban J connectivity index is 2.44. The van der Waals surface area contributed by atoms with Gasteiger partial charge in [0.05, 0.1) is 4.92 Å². The van der Waals surface area contributed by atoms with Crippen molar-refractivity contribution in [1.82, 2.24) is 0 Å². The first-order chi connectivity index (χ1) is 10.7. The van der Waals surface area contributed by atoms with Crippen LogP contribution in [0.25, 0.3) is 0 Å². The fourth-order valence-corrected chi connectivity index (χ4v) is 3.18. The lowest BCUT2D eigenvalue weighted by molar-refractivity contribution is -0.385. The van der Waals surface area contributed by atoms with E-state index in [1.54, 1.807) is 0 Å². The van der Waals surface area contributed by atoms with E-state index in [2.05, 4.69) is 0 Å². The normalized spacial score (nSPS) is 11.0. The first-order valence-corrected chi connectivity index (χ1v) is 7.92. The van der Waals surface area contributed by atoms with Crippen LogP contribution in [0.1, 0.15) is 22.8 Å². The van der Waals surface area contributed by atoms with E-state index >= 15 is 0 Å². The molecule has 2 aromatic rings. The SMILES string of the molecule is CC(=O)c1cccc(OS(=O)(=O)c2cccc([N+](=O)[O-])c2C)c1. The third-order valence-corrected chi connectivity index (χ3v) is 4.56.